The van der Waals surface area contributed by atoms with Gasteiger partial charge in [-0.1, -0.05) is 0 Å². The topological polar surface area (TPSA) is 137 Å². The molecule has 4 aromatic rings. The van der Waals surface area contributed by atoms with E-state index < -0.39 is 10.8 Å². The number of rotatable bonds is 9. The highest BCUT2D eigenvalue weighted by atomic mass is 16.6. The molecule has 0 unspecified atom stereocenters. The minimum atomic E-state index is -0.530. The molecule has 3 aromatic carbocycles. The number of benzene rings is 3. The average molecular weight is 587 g/mol. The average Bonchev–Trinajstić information content (AvgIpc) is 3.55. The van der Waals surface area contributed by atoms with Crippen molar-refractivity contribution in [2.45, 2.75) is 0 Å². The first-order chi connectivity index (χ1) is 20.8. The zero-order chi connectivity index (χ0) is 30.5. The van der Waals surface area contributed by atoms with Gasteiger partial charge in [-0.25, -0.2) is 0 Å². The van der Waals surface area contributed by atoms with E-state index in [1.807, 2.05) is 12.1 Å². The summed E-state index contributed by atoms with van der Waals surface area (Å²) in [5.41, 5.74) is 2.07. The fourth-order valence-electron chi connectivity index (χ4n) is 4.83. The van der Waals surface area contributed by atoms with Crippen LogP contribution in [0.4, 0.5) is 17.1 Å². The Bertz CT molecular complexity index is 1620. The number of carbonyl (C=O) groups is 2. The van der Waals surface area contributed by atoms with Crippen molar-refractivity contribution >= 4 is 28.9 Å². The standard InChI is InChI=1S/C31H30N4O8/c1-40-23-8-9-26(27(19-23)35(38)39)28-10-11-29(43-28)30(36)32-21-4-6-22(7-5-21)33-12-14-34(15-13-33)31(37)20-16-24(41-2)18-25(17-20)42-3/h4-11,16-19H,12-15H2,1-3H3,(H,32,36). The van der Waals surface area contributed by atoms with E-state index in [0.29, 0.717) is 54.7 Å². The van der Waals surface area contributed by atoms with Crippen LogP contribution < -0.4 is 24.4 Å². The number of carbonyl (C=O) groups excluding carboxylic acids is 2. The lowest BCUT2D eigenvalue weighted by Crippen LogP contribution is -2.48. The summed E-state index contributed by atoms with van der Waals surface area (Å²) in [6.45, 7) is 2.38. The van der Waals surface area contributed by atoms with Crippen LogP contribution in [0, 0.1) is 10.1 Å². The number of nitro benzene ring substituents is 1. The molecular weight excluding hydrogens is 556 g/mol. The van der Waals surface area contributed by atoms with E-state index in [4.69, 9.17) is 18.6 Å². The van der Waals surface area contributed by atoms with Crippen molar-refractivity contribution in [2.24, 2.45) is 0 Å². The molecule has 12 heteroatoms. The minimum Gasteiger partial charge on any atom is -0.497 e. The van der Waals surface area contributed by atoms with Gasteiger partial charge in [-0.05, 0) is 60.7 Å². The molecule has 0 atom stereocenters. The summed E-state index contributed by atoms with van der Waals surface area (Å²) < 4.78 is 21.3. The second-order valence-electron chi connectivity index (χ2n) is 9.69. The van der Waals surface area contributed by atoms with Crippen LogP contribution in [-0.4, -0.2) is 69.1 Å². The second kappa shape index (κ2) is 12.6. The lowest BCUT2D eigenvalue weighted by molar-refractivity contribution is -0.384. The van der Waals surface area contributed by atoms with Gasteiger partial charge in [0.15, 0.2) is 5.76 Å². The lowest BCUT2D eigenvalue weighted by Gasteiger charge is -2.36. The van der Waals surface area contributed by atoms with Crippen molar-refractivity contribution in [3.8, 4) is 28.6 Å². The zero-order valence-electron chi connectivity index (χ0n) is 23.9. The van der Waals surface area contributed by atoms with Crippen LogP contribution >= 0.6 is 0 Å². The molecule has 0 spiro atoms. The molecule has 1 aliphatic rings. The summed E-state index contributed by atoms with van der Waals surface area (Å²) in [5, 5.41) is 14.3. The van der Waals surface area contributed by atoms with Crippen LogP contribution in [0.1, 0.15) is 20.9 Å². The van der Waals surface area contributed by atoms with E-state index >= 15 is 0 Å². The Morgan fingerprint density at radius 2 is 1.47 bits per heavy atom. The van der Waals surface area contributed by atoms with Gasteiger partial charge in [-0.15, -0.1) is 0 Å². The third-order valence-electron chi connectivity index (χ3n) is 7.15. The third kappa shape index (κ3) is 6.38. The van der Waals surface area contributed by atoms with Crippen LogP contribution in [-0.2, 0) is 0 Å². The van der Waals surface area contributed by atoms with Crippen LogP contribution in [0.15, 0.2) is 77.2 Å². The molecule has 0 bridgehead atoms. The van der Waals surface area contributed by atoms with E-state index in [0.717, 1.165) is 5.69 Å². The van der Waals surface area contributed by atoms with Crippen molar-refractivity contribution < 1.29 is 33.1 Å². The Balaban J connectivity index is 1.19. The van der Waals surface area contributed by atoms with Gasteiger partial charge in [-0.2, -0.15) is 0 Å². The van der Waals surface area contributed by atoms with E-state index in [2.05, 4.69) is 10.2 Å². The molecule has 2 heterocycles. The number of anilines is 2. The van der Waals surface area contributed by atoms with E-state index in [-0.39, 0.29) is 28.7 Å². The van der Waals surface area contributed by atoms with Crippen LogP contribution in [0.3, 0.4) is 0 Å². The maximum absolute atomic E-state index is 13.1. The Morgan fingerprint density at radius 1 is 0.814 bits per heavy atom. The number of piperazine rings is 1. The molecule has 43 heavy (non-hydrogen) atoms. The molecule has 1 N–H and O–H groups in total. The summed E-state index contributed by atoms with van der Waals surface area (Å²) in [4.78, 5) is 40.9. The molecule has 1 aromatic heterocycles. The summed E-state index contributed by atoms with van der Waals surface area (Å²) in [5.74, 6) is 1.09. The number of methoxy groups -OCH3 is 3. The summed E-state index contributed by atoms with van der Waals surface area (Å²) in [7, 11) is 4.52. The van der Waals surface area contributed by atoms with Gasteiger partial charge < -0.3 is 33.7 Å². The molecule has 5 rings (SSSR count). The minimum absolute atomic E-state index is 0.0126. The van der Waals surface area contributed by atoms with Gasteiger partial charge >= 0.3 is 0 Å². The molecule has 222 valence electrons. The van der Waals surface area contributed by atoms with Crippen molar-refractivity contribution in [1.29, 1.82) is 0 Å². The molecule has 0 aliphatic carbocycles. The van der Waals surface area contributed by atoms with E-state index in [9.17, 15) is 19.7 Å². The van der Waals surface area contributed by atoms with Crippen molar-refractivity contribution in [3.05, 3.63) is 94.2 Å². The molecule has 1 fully saturated rings. The van der Waals surface area contributed by atoms with E-state index in [1.54, 1.807) is 55.5 Å². The van der Waals surface area contributed by atoms with E-state index in [1.165, 1.54) is 31.4 Å². The van der Waals surface area contributed by atoms with Crippen molar-refractivity contribution in [3.63, 3.8) is 0 Å². The van der Waals surface area contributed by atoms with Gasteiger partial charge in [0, 0.05) is 49.2 Å². The molecule has 0 radical (unpaired) electrons. The Hall–Kier alpha value is -5.52. The van der Waals surface area contributed by atoms with Crippen LogP contribution in [0.2, 0.25) is 0 Å². The molecule has 1 aliphatic heterocycles. The lowest BCUT2D eigenvalue weighted by atomic mass is 10.1. The third-order valence-corrected chi connectivity index (χ3v) is 7.15. The normalized spacial score (nSPS) is 12.9. The summed E-state index contributed by atoms with van der Waals surface area (Å²) in [6.07, 6.45) is 0. The molecule has 0 saturated carbocycles. The van der Waals surface area contributed by atoms with Gasteiger partial charge in [-0.3, -0.25) is 19.7 Å². The van der Waals surface area contributed by atoms with Crippen LogP contribution in [0.25, 0.3) is 11.3 Å². The number of nitro groups is 1. The highest BCUT2D eigenvalue weighted by molar-refractivity contribution is 6.02. The van der Waals surface area contributed by atoms with Gasteiger partial charge in [0.25, 0.3) is 17.5 Å². The molecule has 12 nitrogen and oxygen atoms in total. The molecular formula is C31H30N4O8. The SMILES string of the molecule is COc1cc(OC)cc(C(=O)N2CCN(c3ccc(NC(=O)c4ccc(-c5ccc(OC)cc5[N+](=O)[O-])o4)cc3)CC2)c1. The number of furan rings is 1. The number of nitrogens with one attached hydrogen (secondary N) is 1. The highest BCUT2D eigenvalue weighted by Gasteiger charge is 2.24. The zero-order valence-corrected chi connectivity index (χ0v) is 23.9. The Kier molecular flexibility index (Phi) is 8.46. The fourth-order valence-corrected chi connectivity index (χ4v) is 4.83. The number of amides is 2. The smallest absolute Gasteiger partial charge is 0.291 e. The van der Waals surface area contributed by atoms with Gasteiger partial charge in [0.05, 0.1) is 37.9 Å². The molecule has 2 amide bonds. The summed E-state index contributed by atoms with van der Waals surface area (Å²) in [6, 6.07) is 19.9. The predicted molar refractivity (Wildman–Crippen MR) is 159 cm³/mol. The van der Waals surface area contributed by atoms with Crippen molar-refractivity contribution in [2.75, 3.05) is 57.7 Å². The first-order valence-electron chi connectivity index (χ1n) is 13.4. The maximum atomic E-state index is 13.1. The Labute approximate surface area is 247 Å². The first-order valence-corrected chi connectivity index (χ1v) is 13.4. The number of nitrogens with zero attached hydrogens (tertiary/aromatic N) is 3. The maximum Gasteiger partial charge on any atom is 0.291 e. The fraction of sp³-hybridized carbons (Fsp3) is 0.226. The molecule has 1 saturated heterocycles. The number of hydrogen-bond donors (Lipinski definition) is 1. The predicted octanol–water partition coefficient (Wildman–Crippen LogP) is 5.10. The monoisotopic (exact) mass is 586 g/mol. The largest absolute Gasteiger partial charge is 0.497 e. The number of hydrogen-bond acceptors (Lipinski definition) is 9. The van der Waals surface area contributed by atoms with Gasteiger partial charge in [0.1, 0.15) is 23.0 Å². The van der Waals surface area contributed by atoms with Crippen LogP contribution in [0.5, 0.6) is 17.2 Å². The highest BCUT2D eigenvalue weighted by Crippen LogP contribution is 2.34. The first kappa shape index (κ1) is 29.0. The quantitative estimate of drug-likeness (QED) is 0.210. The second-order valence-corrected chi connectivity index (χ2v) is 9.69. The van der Waals surface area contributed by atoms with Gasteiger partial charge in [0.2, 0.25) is 0 Å². The number of ether oxygens (including phenoxy) is 3. The summed E-state index contributed by atoms with van der Waals surface area (Å²) >= 11 is 0. The Morgan fingerprint density at radius 3 is 2.07 bits per heavy atom. The van der Waals surface area contributed by atoms with Crippen molar-refractivity contribution in [1.82, 2.24) is 4.90 Å².